The maximum absolute atomic E-state index is 11.2. The van der Waals surface area contributed by atoms with Crippen LogP contribution in [-0.2, 0) is 20.7 Å². The van der Waals surface area contributed by atoms with Crippen LogP contribution in [0.2, 0.25) is 5.02 Å². The summed E-state index contributed by atoms with van der Waals surface area (Å²) in [5, 5.41) is 0.511. The van der Waals surface area contributed by atoms with Crippen LogP contribution in [0.4, 0.5) is 0 Å². The fraction of sp³-hybridized carbons (Fsp3) is 0.200. The SMILES string of the molecule is COC(=O)C(=O)Cc1cc(Cl)cc(Br)c1. The van der Waals surface area contributed by atoms with Gasteiger partial charge in [-0.15, -0.1) is 0 Å². The normalized spacial score (nSPS) is 9.80. The summed E-state index contributed by atoms with van der Waals surface area (Å²) in [7, 11) is 1.17. The highest BCUT2D eigenvalue weighted by molar-refractivity contribution is 9.10. The van der Waals surface area contributed by atoms with Crippen molar-refractivity contribution in [3.63, 3.8) is 0 Å². The van der Waals surface area contributed by atoms with Gasteiger partial charge in [0.1, 0.15) is 0 Å². The fourth-order valence-electron chi connectivity index (χ4n) is 1.08. The van der Waals surface area contributed by atoms with E-state index in [2.05, 4.69) is 20.7 Å². The van der Waals surface area contributed by atoms with Crippen LogP contribution in [0.1, 0.15) is 5.56 Å². The van der Waals surface area contributed by atoms with E-state index >= 15 is 0 Å². The van der Waals surface area contributed by atoms with Crippen LogP contribution in [0, 0.1) is 0 Å². The molecule has 5 heteroatoms. The van der Waals surface area contributed by atoms with Crippen LogP contribution < -0.4 is 0 Å². The molecule has 1 aromatic carbocycles. The van der Waals surface area contributed by atoms with Crippen molar-refractivity contribution in [2.24, 2.45) is 0 Å². The summed E-state index contributed by atoms with van der Waals surface area (Å²) in [5.41, 5.74) is 0.671. The molecule has 0 saturated carbocycles. The summed E-state index contributed by atoms with van der Waals surface area (Å²) >= 11 is 9.03. The van der Waals surface area contributed by atoms with Crippen molar-refractivity contribution in [1.82, 2.24) is 0 Å². The molecule has 0 aliphatic rings. The molecule has 0 radical (unpaired) electrons. The Morgan fingerprint density at radius 3 is 2.60 bits per heavy atom. The van der Waals surface area contributed by atoms with Crippen molar-refractivity contribution in [1.29, 1.82) is 0 Å². The van der Waals surface area contributed by atoms with Crippen molar-refractivity contribution in [3.05, 3.63) is 33.3 Å². The van der Waals surface area contributed by atoms with Gasteiger partial charge in [-0.2, -0.15) is 0 Å². The maximum Gasteiger partial charge on any atom is 0.374 e. The van der Waals surface area contributed by atoms with Gasteiger partial charge in [0, 0.05) is 15.9 Å². The highest BCUT2D eigenvalue weighted by Gasteiger charge is 2.14. The number of Topliss-reactive ketones (excluding diaryl/α,β-unsaturated/α-hetero) is 1. The van der Waals surface area contributed by atoms with Crippen molar-refractivity contribution >= 4 is 39.3 Å². The monoisotopic (exact) mass is 290 g/mol. The van der Waals surface area contributed by atoms with Crippen molar-refractivity contribution in [2.45, 2.75) is 6.42 Å². The Hall–Kier alpha value is -0.870. The van der Waals surface area contributed by atoms with Gasteiger partial charge in [-0.25, -0.2) is 4.79 Å². The van der Waals surface area contributed by atoms with Gasteiger partial charge in [0.25, 0.3) is 0 Å². The Labute approximate surface area is 100 Å². The fourth-order valence-corrected chi connectivity index (χ4v) is 2.01. The Kier molecular flexibility index (Phi) is 4.29. The average molecular weight is 292 g/mol. The number of esters is 1. The molecule has 0 fully saturated rings. The molecule has 1 aromatic rings. The predicted molar refractivity (Wildman–Crippen MR) is 59.9 cm³/mol. The Morgan fingerprint density at radius 1 is 1.40 bits per heavy atom. The summed E-state index contributed by atoms with van der Waals surface area (Å²) in [6, 6.07) is 5.06. The molecule has 1 rings (SSSR count). The molecule has 0 aliphatic heterocycles. The molecule has 0 saturated heterocycles. The van der Waals surface area contributed by atoms with Gasteiger partial charge in [0.2, 0.25) is 5.78 Å². The van der Waals surface area contributed by atoms with Gasteiger partial charge >= 0.3 is 5.97 Å². The number of rotatable bonds is 3. The molecule has 0 atom stereocenters. The first-order valence-electron chi connectivity index (χ1n) is 4.09. The van der Waals surface area contributed by atoms with E-state index in [4.69, 9.17) is 11.6 Å². The molecule has 80 valence electrons. The lowest BCUT2D eigenvalue weighted by atomic mass is 10.1. The number of ketones is 1. The Bertz CT molecular complexity index is 383. The minimum absolute atomic E-state index is 0.00810. The van der Waals surface area contributed by atoms with Gasteiger partial charge in [-0.05, 0) is 23.8 Å². The average Bonchev–Trinajstić information content (AvgIpc) is 2.14. The van der Waals surface area contributed by atoms with Crippen LogP contribution in [0.25, 0.3) is 0 Å². The summed E-state index contributed by atoms with van der Waals surface area (Å²) in [6.45, 7) is 0. The van der Waals surface area contributed by atoms with E-state index < -0.39 is 11.8 Å². The minimum Gasteiger partial charge on any atom is -0.463 e. The third-order valence-electron chi connectivity index (χ3n) is 1.70. The zero-order valence-electron chi connectivity index (χ0n) is 7.92. The number of hydrogen-bond donors (Lipinski definition) is 0. The molecule has 0 aromatic heterocycles. The quantitative estimate of drug-likeness (QED) is 0.634. The van der Waals surface area contributed by atoms with Crippen LogP contribution in [0.15, 0.2) is 22.7 Å². The number of methoxy groups -OCH3 is 1. The topological polar surface area (TPSA) is 43.4 Å². The van der Waals surface area contributed by atoms with Gasteiger partial charge in [-0.1, -0.05) is 27.5 Å². The maximum atomic E-state index is 11.2. The third kappa shape index (κ3) is 3.64. The van der Waals surface area contributed by atoms with Crippen LogP contribution in [0.5, 0.6) is 0 Å². The molecule has 0 spiro atoms. The Morgan fingerprint density at radius 2 is 2.07 bits per heavy atom. The van der Waals surface area contributed by atoms with Crippen molar-refractivity contribution in [2.75, 3.05) is 7.11 Å². The third-order valence-corrected chi connectivity index (χ3v) is 2.38. The number of carbonyl (C=O) groups is 2. The van der Waals surface area contributed by atoms with Crippen molar-refractivity contribution < 1.29 is 14.3 Å². The zero-order valence-corrected chi connectivity index (χ0v) is 10.3. The molecule has 0 heterocycles. The summed E-state index contributed by atoms with van der Waals surface area (Å²) in [6.07, 6.45) is -0.00810. The van der Waals surface area contributed by atoms with E-state index in [-0.39, 0.29) is 6.42 Å². The summed E-state index contributed by atoms with van der Waals surface area (Å²) in [5.74, 6) is -1.43. The lowest BCUT2D eigenvalue weighted by Gasteiger charge is -2.01. The molecule has 0 bridgehead atoms. The molecule has 0 N–H and O–H groups in total. The van der Waals surface area contributed by atoms with Crippen LogP contribution >= 0.6 is 27.5 Å². The van der Waals surface area contributed by atoms with Gasteiger partial charge in [-0.3, -0.25) is 4.79 Å². The standard InChI is InChI=1S/C10H8BrClO3/c1-15-10(14)9(13)4-6-2-7(11)5-8(12)3-6/h2-3,5H,4H2,1H3. The second-order valence-electron chi connectivity index (χ2n) is 2.87. The van der Waals surface area contributed by atoms with E-state index in [9.17, 15) is 9.59 Å². The lowest BCUT2D eigenvalue weighted by molar-refractivity contribution is -0.151. The first-order chi connectivity index (χ1) is 7.02. The second kappa shape index (κ2) is 5.28. The first-order valence-corrected chi connectivity index (χ1v) is 5.26. The molecule has 0 unspecified atom stereocenters. The van der Waals surface area contributed by atoms with Gasteiger partial charge in [0.05, 0.1) is 7.11 Å². The highest BCUT2D eigenvalue weighted by atomic mass is 79.9. The van der Waals surface area contributed by atoms with Gasteiger partial charge < -0.3 is 4.74 Å². The first kappa shape index (κ1) is 12.2. The van der Waals surface area contributed by atoms with Crippen LogP contribution in [-0.4, -0.2) is 18.9 Å². The van der Waals surface area contributed by atoms with E-state index in [1.165, 1.54) is 7.11 Å². The molecular formula is C10H8BrClO3. The van der Waals surface area contributed by atoms with Crippen LogP contribution in [0.3, 0.4) is 0 Å². The number of benzene rings is 1. The van der Waals surface area contributed by atoms with E-state index in [0.29, 0.717) is 10.6 Å². The summed E-state index contributed by atoms with van der Waals surface area (Å²) < 4.78 is 5.08. The van der Waals surface area contributed by atoms with E-state index in [1.807, 2.05) is 0 Å². The zero-order chi connectivity index (χ0) is 11.4. The number of halogens is 2. The molecule has 3 nitrogen and oxygen atoms in total. The molecule has 15 heavy (non-hydrogen) atoms. The molecule has 0 amide bonds. The number of carbonyl (C=O) groups excluding carboxylic acids is 2. The van der Waals surface area contributed by atoms with E-state index in [0.717, 1.165) is 4.47 Å². The second-order valence-corrected chi connectivity index (χ2v) is 4.22. The lowest BCUT2D eigenvalue weighted by Crippen LogP contribution is -2.17. The summed E-state index contributed by atoms with van der Waals surface area (Å²) in [4.78, 5) is 22.1. The molecule has 0 aliphatic carbocycles. The van der Waals surface area contributed by atoms with Crippen molar-refractivity contribution in [3.8, 4) is 0 Å². The van der Waals surface area contributed by atoms with Gasteiger partial charge in [0.15, 0.2) is 0 Å². The number of hydrogen-bond acceptors (Lipinski definition) is 3. The smallest absolute Gasteiger partial charge is 0.374 e. The number of ether oxygens (including phenoxy) is 1. The minimum atomic E-state index is -0.842. The highest BCUT2D eigenvalue weighted by Crippen LogP contribution is 2.20. The molecular weight excluding hydrogens is 283 g/mol. The largest absolute Gasteiger partial charge is 0.463 e. The van der Waals surface area contributed by atoms with E-state index in [1.54, 1.807) is 18.2 Å². The predicted octanol–water partition coefficient (Wildman–Crippen LogP) is 2.39. The Balaban J connectivity index is 2.81.